The van der Waals surface area contributed by atoms with Gasteiger partial charge in [0.25, 0.3) is 5.91 Å². The molecule has 192 valence electrons. The molecular weight excluding hydrogens is 499 g/mol. The van der Waals surface area contributed by atoms with E-state index in [2.05, 4.69) is 19.9 Å². The number of alkyl halides is 3. The normalized spacial score (nSPS) is 12.3. The van der Waals surface area contributed by atoms with Gasteiger partial charge < -0.3 is 20.1 Å². The Hall–Kier alpha value is -4.93. The Labute approximate surface area is 214 Å². The lowest BCUT2D eigenvalue weighted by molar-refractivity contribution is -0.156. The molecule has 1 atom stereocenters. The fraction of sp³-hybridized carbons (Fsp3) is 0.111. The van der Waals surface area contributed by atoms with Crippen LogP contribution in [0, 0.1) is 0 Å². The van der Waals surface area contributed by atoms with Crippen LogP contribution in [0.2, 0.25) is 0 Å². The molecule has 0 aliphatic rings. The first kappa shape index (κ1) is 24.8. The highest BCUT2D eigenvalue weighted by atomic mass is 19.4. The van der Waals surface area contributed by atoms with Gasteiger partial charge in [0.15, 0.2) is 6.04 Å². The topological polar surface area (TPSA) is 113 Å². The molecule has 0 aliphatic heterocycles. The lowest BCUT2D eigenvalue weighted by Gasteiger charge is -2.21. The zero-order valence-corrected chi connectivity index (χ0v) is 19.8. The number of hydrogen-bond donors (Lipinski definition) is 3. The van der Waals surface area contributed by atoms with Crippen LogP contribution < -0.4 is 10.1 Å². The van der Waals surface area contributed by atoms with Crippen molar-refractivity contribution >= 4 is 16.9 Å². The van der Waals surface area contributed by atoms with Crippen LogP contribution >= 0.6 is 0 Å². The van der Waals surface area contributed by atoms with E-state index in [0.717, 1.165) is 5.56 Å². The minimum absolute atomic E-state index is 0.00375. The molecule has 0 aliphatic carbocycles. The van der Waals surface area contributed by atoms with Crippen molar-refractivity contribution in [2.24, 2.45) is 0 Å². The van der Waals surface area contributed by atoms with Gasteiger partial charge in [-0.15, -0.1) is 0 Å². The molecule has 3 heterocycles. The highest BCUT2D eigenvalue weighted by Crippen LogP contribution is 2.36. The van der Waals surface area contributed by atoms with Crippen LogP contribution in [0.15, 0.2) is 79.1 Å². The summed E-state index contributed by atoms with van der Waals surface area (Å²) in [6.07, 6.45) is -1.91. The molecule has 0 radical (unpaired) electrons. The molecule has 0 saturated carbocycles. The number of fused-ring (bicyclic) bond motifs is 1. The fourth-order valence-corrected chi connectivity index (χ4v) is 4.03. The molecule has 0 fully saturated rings. The molecule has 0 bridgehead atoms. The van der Waals surface area contributed by atoms with Gasteiger partial charge in [0.1, 0.15) is 11.6 Å². The minimum atomic E-state index is -4.74. The largest absolute Gasteiger partial charge is 0.507 e. The quantitative estimate of drug-likeness (QED) is 0.276. The van der Waals surface area contributed by atoms with E-state index in [9.17, 15) is 23.1 Å². The number of aromatic hydroxyl groups is 1. The second kappa shape index (κ2) is 9.85. The van der Waals surface area contributed by atoms with E-state index in [1.54, 1.807) is 24.4 Å². The molecule has 3 aromatic heterocycles. The Morgan fingerprint density at radius 3 is 2.55 bits per heavy atom. The number of methoxy groups -OCH3 is 1. The molecular formula is C27H20F3N5O3. The molecule has 1 amide bonds. The summed E-state index contributed by atoms with van der Waals surface area (Å²) in [5, 5.41) is 12.5. The third-order valence-corrected chi connectivity index (χ3v) is 5.86. The maximum absolute atomic E-state index is 13.7. The first-order chi connectivity index (χ1) is 18.2. The van der Waals surface area contributed by atoms with Crippen molar-refractivity contribution in [1.82, 2.24) is 25.3 Å². The number of amides is 1. The van der Waals surface area contributed by atoms with Gasteiger partial charge in [0.2, 0.25) is 5.88 Å². The number of carbonyl (C=O) groups is 1. The maximum atomic E-state index is 13.7. The van der Waals surface area contributed by atoms with Crippen molar-refractivity contribution in [3.8, 4) is 34.1 Å². The highest BCUT2D eigenvalue weighted by molar-refractivity contribution is 5.98. The summed E-state index contributed by atoms with van der Waals surface area (Å²) in [4.78, 5) is 28.2. The number of rotatable bonds is 6. The Morgan fingerprint density at radius 1 is 1.00 bits per heavy atom. The number of aromatic nitrogens is 4. The van der Waals surface area contributed by atoms with Gasteiger partial charge in [-0.2, -0.15) is 13.2 Å². The molecule has 2 aromatic carbocycles. The summed E-state index contributed by atoms with van der Waals surface area (Å²) >= 11 is 0. The highest BCUT2D eigenvalue weighted by Gasteiger charge is 2.43. The number of H-pyrrole nitrogens is 1. The number of benzene rings is 2. The molecule has 0 spiro atoms. The number of phenolic OH excluding ortho intramolecular Hbond substituents is 1. The van der Waals surface area contributed by atoms with Crippen molar-refractivity contribution in [3.63, 3.8) is 0 Å². The standard InChI is InChI=1S/C27H20F3N5O3/c1-38-26-17(5-4-12-32-26)15-8-10-22(36)18(13-15)24-33-19-9-7-16(14-21(19)34-24)25(37)35-23(27(28,29)30)20-6-2-3-11-31-20/h2-14,23,36H,1H3,(H,33,34)(H,35,37). The number of ether oxygens (including phenoxy) is 1. The third kappa shape index (κ3) is 4.85. The lowest BCUT2D eigenvalue weighted by Crippen LogP contribution is -2.38. The van der Waals surface area contributed by atoms with Gasteiger partial charge in [0.05, 0.1) is 29.4 Å². The summed E-state index contributed by atoms with van der Waals surface area (Å²) in [6.45, 7) is 0. The van der Waals surface area contributed by atoms with Crippen molar-refractivity contribution in [1.29, 1.82) is 0 Å². The van der Waals surface area contributed by atoms with Gasteiger partial charge in [-0.3, -0.25) is 9.78 Å². The Morgan fingerprint density at radius 2 is 1.82 bits per heavy atom. The van der Waals surface area contributed by atoms with Crippen LogP contribution in [0.25, 0.3) is 33.5 Å². The Balaban J connectivity index is 1.47. The van der Waals surface area contributed by atoms with E-state index in [1.165, 1.54) is 55.8 Å². The van der Waals surface area contributed by atoms with Gasteiger partial charge in [-0.05, 0) is 60.2 Å². The van der Waals surface area contributed by atoms with Gasteiger partial charge >= 0.3 is 6.18 Å². The van der Waals surface area contributed by atoms with E-state index in [1.807, 2.05) is 11.4 Å². The van der Waals surface area contributed by atoms with E-state index in [4.69, 9.17) is 4.74 Å². The average Bonchev–Trinajstić information content (AvgIpc) is 3.35. The van der Waals surface area contributed by atoms with E-state index in [-0.39, 0.29) is 17.0 Å². The summed E-state index contributed by atoms with van der Waals surface area (Å²) in [5.41, 5.74) is 2.34. The van der Waals surface area contributed by atoms with Crippen LogP contribution in [0.3, 0.4) is 0 Å². The van der Waals surface area contributed by atoms with Gasteiger partial charge in [-0.25, -0.2) is 9.97 Å². The molecule has 38 heavy (non-hydrogen) atoms. The number of phenols is 1. The summed E-state index contributed by atoms with van der Waals surface area (Å²) < 4.78 is 46.3. The predicted molar refractivity (Wildman–Crippen MR) is 133 cm³/mol. The lowest BCUT2D eigenvalue weighted by atomic mass is 10.0. The number of nitrogens with one attached hydrogen (secondary N) is 2. The van der Waals surface area contributed by atoms with E-state index < -0.39 is 18.1 Å². The number of hydrogen-bond acceptors (Lipinski definition) is 6. The zero-order valence-electron chi connectivity index (χ0n) is 19.8. The second-order valence-corrected chi connectivity index (χ2v) is 8.31. The van der Waals surface area contributed by atoms with Crippen LogP contribution in [-0.2, 0) is 0 Å². The van der Waals surface area contributed by atoms with E-state index >= 15 is 0 Å². The number of imidazole rings is 1. The fourth-order valence-electron chi connectivity index (χ4n) is 4.03. The minimum Gasteiger partial charge on any atom is -0.507 e. The molecule has 1 unspecified atom stereocenters. The number of aromatic amines is 1. The van der Waals surface area contributed by atoms with E-state index in [0.29, 0.717) is 33.9 Å². The first-order valence-corrected chi connectivity index (χ1v) is 11.4. The van der Waals surface area contributed by atoms with Crippen molar-refractivity contribution < 1.29 is 27.8 Å². The van der Waals surface area contributed by atoms with Crippen LogP contribution in [-0.4, -0.2) is 44.2 Å². The Kier molecular flexibility index (Phi) is 6.41. The Bertz CT molecular complexity index is 1620. The van der Waals surface area contributed by atoms with Crippen LogP contribution in [0.5, 0.6) is 11.6 Å². The predicted octanol–water partition coefficient (Wildman–Crippen LogP) is 5.43. The van der Waals surface area contributed by atoms with Crippen LogP contribution in [0.1, 0.15) is 22.1 Å². The molecule has 8 nitrogen and oxygen atoms in total. The summed E-state index contributed by atoms with van der Waals surface area (Å²) in [6, 6.07) is 14.6. The second-order valence-electron chi connectivity index (χ2n) is 8.31. The smallest absolute Gasteiger partial charge is 0.414 e. The van der Waals surface area contributed by atoms with Gasteiger partial charge in [-0.1, -0.05) is 12.1 Å². The van der Waals surface area contributed by atoms with Crippen molar-refractivity contribution in [3.05, 3.63) is 90.4 Å². The molecule has 0 saturated heterocycles. The number of halogens is 3. The summed E-state index contributed by atoms with van der Waals surface area (Å²) in [7, 11) is 1.51. The zero-order chi connectivity index (χ0) is 26.9. The molecule has 5 rings (SSSR count). The summed E-state index contributed by atoms with van der Waals surface area (Å²) in [5.74, 6) is -0.254. The number of pyridine rings is 2. The SMILES string of the molecule is COc1ncccc1-c1ccc(O)c(-c2nc3ccc(C(=O)NC(c4ccccn4)C(F)(F)F)cc3[nH]2)c1. The van der Waals surface area contributed by atoms with Crippen LogP contribution in [0.4, 0.5) is 13.2 Å². The van der Waals surface area contributed by atoms with Gasteiger partial charge in [0, 0.05) is 23.5 Å². The first-order valence-electron chi connectivity index (χ1n) is 11.4. The molecule has 11 heteroatoms. The monoisotopic (exact) mass is 519 g/mol. The molecule has 5 aromatic rings. The molecule has 3 N–H and O–H groups in total. The maximum Gasteiger partial charge on any atom is 0.414 e. The number of nitrogens with zero attached hydrogens (tertiary/aromatic N) is 3. The average molecular weight is 519 g/mol. The van der Waals surface area contributed by atoms with Crippen molar-refractivity contribution in [2.75, 3.05) is 7.11 Å². The number of carbonyl (C=O) groups excluding carboxylic acids is 1. The van der Waals surface area contributed by atoms with Crippen molar-refractivity contribution in [2.45, 2.75) is 12.2 Å². The third-order valence-electron chi connectivity index (χ3n) is 5.86.